The fourth-order valence-electron chi connectivity index (χ4n) is 4.72. The van der Waals surface area contributed by atoms with Crippen LogP contribution in [0, 0.1) is 12.8 Å². The van der Waals surface area contributed by atoms with Gasteiger partial charge in [0.1, 0.15) is 11.8 Å². The van der Waals surface area contributed by atoms with Crippen LogP contribution in [-0.2, 0) is 20.8 Å². The number of hydrogen-bond donors (Lipinski definition) is 2. The molecule has 2 N–H and O–H groups in total. The van der Waals surface area contributed by atoms with E-state index in [9.17, 15) is 19.2 Å². The van der Waals surface area contributed by atoms with Gasteiger partial charge in [-0.1, -0.05) is 44.2 Å². The van der Waals surface area contributed by atoms with E-state index in [0.29, 0.717) is 31.6 Å². The van der Waals surface area contributed by atoms with Crippen molar-refractivity contribution in [1.82, 2.24) is 9.80 Å². The molecule has 2 aromatic rings. The zero-order chi connectivity index (χ0) is 27.1. The monoisotopic (exact) mass is 506 g/mol. The number of anilines is 2. The van der Waals surface area contributed by atoms with Gasteiger partial charge in [-0.15, -0.1) is 0 Å². The zero-order valence-electron chi connectivity index (χ0n) is 22.4. The largest absolute Gasteiger partial charge is 0.336 e. The molecule has 0 bridgehead atoms. The molecule has 4 amide bonds. The summed E-state index contributed by atoms with van der Waals surface area (Å²) in [5.41, 5.74) is 3.12. The summed E-state index contributed by atoms with van der Waals surface area (Å²) < 4.78 is 0. The molecule has 3 rings (SSSR count). The number of nitrogens with one attached hydrogen (secondary N) is 2. The van der Waals surface area contributed by atoms with Crippen LogP contribution < -0.4 is 10.6 Å². The van der Waals surface area contributed by atoms with Gasteiger partial charge in [-0.2, -0.15) is 0 Å². The van der Waals surface area contributed by atoms with Crippen molar-refractivity contribution in [2.24, 2.45) is 5.92 Å². The Hall–Kier alpha value is -3.68. The molecular weight excluding hydrogens is 468 g/mol. The molecule has 1 unspecified atom stereocenters. The van der Waals surface area contributed by atoms with Crippen molar-refractivity contribution >= 4 is 35.0 Å². The lowest BCUT2D eigenvalue weighted by atomic mass is 9.96. The van der Waals surface area contributed by atoms with Gasteiger partial charge < -0.3 is 20.4 Å². The van der Waals surface area contributed by atoms with Gasteiger partial charge in [-0.25, -0.2) is 4.79 Å². The average Bonchev–Trinajstić information content (AvgIpc) is 2.82. The Balaban J connectivity index is 1.62. The van der Waals surface area contributed by atoms with Gasteiger partial charge >= 0.3 is 6.03 Å². The molecule has 1 saturated heterocycles. The minimum absolute atomic E-state index is 0.0461. The molecule has 1 aliphatic heterocycles. The maximum absolute atomic E-state index is 13.3. The van der Waals surface area contributed by atoms with Crippen molar-refractivity contribution in [2.75, 3.05) is 23.7 Å². The van der Waals surface area contributed by atoms with E-state index in [4.69, 9.17) is 0 Å². The highest BCUT2D eigenvalue weighted by Gasteiger charge is 2.39. The van der Waals surface area contributed by atoms with Crippen LogP contribution in [0.2, 0.25) is 0 Å². The Morgan fingerprint density at radius 3 is 2.27 bits per heavy atom. The Morgan fingerprint density at radius 1 is 0.973 bits per heavy atom. The quantitative estimate of drug-likeness (QED) is 0.518. The first-order valence-electron chi connectivity index (χ1n) is 12.9. The van der Waals surface area contributed by atoms with Crippen molar-refractivity contribution in [3.8, 4) is 0 Å². The molecule has 2 atom stereocenters. The van der Waals surface area contributed by atoms with E-state index < -0.39 is 6.04 Å². The summed E-state index contributed by atoms with van der Waals surface area (Å²) in [5.74, 6) is 0.102. The van der Waals surface area contributed by atoms with Crippen molar-refractivity contribution in [2.45, 2.75) is 66.0 Å². The molecule has 1 aliphatic rings. The van der Waals surface area contributed by atoms with Crippen molar-refractivity contribution in [1.29, 1.82) is 0 Å². The van der Waals surface area contributed by atoms with Crippen molar-refractivity contribution in [3.05, 3.63) is 59.7 Å². The van der Waals surface area contributed by atoms with E-state index in [1.165, 1.54) is 6.92 Å². The van der Waals surface area contributed by atoms with Crippen LogP contribution in [0.15, 0.2) is 48.5 Å². The number of carbonyl (C=O) groups is 4. The lowest BCUT2D eigenvalue weighted by Gasteiger charge is -2.43. The first-order valence-corrected chi connectivity index (χ1v) is 12.9. The number of para-hydroxylation sites is 1. The normalized spacial score (nSPS) is 16.5. The minimum atomic E-state index is -0.526. The number of hydrogen-bond acceptors (Lipinski definition) is 4. The molecule has 1 fully saturated rings. The number of rotatable bonds is 9. The molecule has 0 radical (unpaired) electrons. The molecule has 8 heteroatoms. The fraction of sp³-hybridized carbons (Fsp3) is 0.448. The van der Waals surface area contributed by atoms with Gasteiger partial charge in [0.05, 0.1) is 6.42 Å². The average molecular weight is 507 g/mol. The molecular formula is C29H38N4O4. The molecule has 37 heavy (non-hydrogen) atoms. The highest BCUT2D eigenvalue weighted by atomic mass is 16.2. The third kappa shape index (κ3) is 7.65. The number of urea groups is 1. The molecule has 2 aromatic carbocycles. The summed E-state index contributed by atoms with van der Waals surface area (Å²) in [6, 6.07) is 13.6. The highest BCUT2D eigenvalue weighted by molar-refractivity contribution is 6.00. The number of ketones is 1. The number of piperazine rings is 1. The van der Waals surface area contributed by atoms with E-state index in [1.54, 1.807) is 21.9 Å². The van der Waals surface area contributed by atoms with Gasteiger partial charge in [-0.05, 0) is 62.4 Å². The Morgan fingerprint density at radius 2 is 1.65 bits per heavy atom. The Bertz CT molecular complexity index is 1130. The second-order valence-electron chi connectivity index (χ2n) is 10.3. The molecule has 8 nitrogen and oxygen atoms in total. The van der Waals surface area contributed by atoms with Crippen LogP contribution in [0.25, 0.3) is 0 Å². The maximum atomic E-state index is 13.3. The van der Waals surface area contributed by atoms with Crippen molar-refractivity contribution in [3.63, 3.8) is 0 Å². The number of aryl methyl sites for hydroxylation is 1. The molecule has 0 aromatic heterocycles. The standard InChI is InChI=1S/C29H38N4O4/c1-19(2)16-26-28(36)32(21(4)17-22(5)34)14-15-33(26)27(35)18-23-10-12-24(13-11-23)30-29(37)31-25-9-7-6-8-20(25)3/h6-13,19,21,26H,14-18H2,1-5H3,(H2,30,31,37)/t21?,26-/m0/s1. The summed E-state index contributed by atoms with van der Waals surface area (Å²) in [6.45, 7) is 10.3. The van der Waals surface area contributed by atoms with Gasteiger partial charge in [0, 0.05) is 36.9 Å². The van der Waals surface area contributed by atoms with E-state index in [1.807, 2.05) is 64.1 Å². The smallest absolute Gasteiger partial charge is 0.323 e. The lowest BCUT2D eigenvalue weighted by molar-refractivity contribution is -0.154. The van der Waals surface area contributed by atoms with Crippen molar-refractivity contribution < 1.29 is 19.2 Å². The minimum Gasteiger partial charge on any atom is -0.336 e. The van der Waals surface area contributed by atoms with E-state index in [0.717, 1.165) is 16.8 Å². The van der Waals surface area contributed by atoms with Gasteiger partial charge in [0.15, 0.2) is 0 Å². The summed E-state index contributed by atoms with van der Waals surface area (Å²) in [6.07, 6.45) is 1.06. The zero-order valence-corrected chi connectivity index (χ0v) is 22.4. The van der Waals surface area contributed by atoms with E-state index in [2.05, 4.69) is 10.6 Å². The summed E-state index contributed by atoms with van der Waals surface area (Å²) in [5, 5.41) is 5.63. The third-order valence-electron chi connectivity index (χ3n) is 6.62. The number of nitrogens with zero attached hydrogens (tertiary/aromatic N) is 2. The first-order chi connectivity index (χ1) is 17.5. The first kappa shape index (κ1) is 27.9. The van der Waals surface area contributed by atoms with E-state index in [-0.39, 0.29) is 42.0 Å². The second kappa shape index (κ2) is 12.5. The predicted octanol–water partition coefficient (Wildman–Crippen LogP) is 4.63. The molecule has 0 aliphatic carbocycles. The maximum Gasteiger partial charge on any atom is 0.323 e. The van der Waals surface area contributed by atoms with Crippen LogP contribution >= 0.6 is 0 Å². The number of Topliss-reactive ketones (excluding diaryl/α,β-unsaturated/α-hetero) is 1. The predicted molar refractivity (Wildman–Crippen MR) is 145 cm³/mol. The summed E-state index contributed by atoms with van der Waals surface area (Å²) in [4.78, 5) is 54.0. The lowest BCUT2D eigenvalue weighted by Crippen LogP contribution is -2.61. The SMILES string of the molecule is CC(=O)CC(C)N1CCN(C(=O)Cc2ccc(NC(=O)Nc3ccccc3C)cc2)[C@@H](CC(C)C)C1=O. The number of amides is 4. The molecule has 198 valence electrons. The van der Waals surface area contributed by atoms with Crippen LogP contribution in [0.1, 0.15) is 51.7 Å². The second-order valence-corrected chi connectivity index (χ2v) is 10.3. The van der Waals surface area contributed by atoms with Gasteiger partial charge in [0.25, 0.3) is 0 Å². The van der Waals surface area contributed by atoms with Crippen LogP contribution in [-0.4, -0.2) is 58.6 Å². The van der Waals surface area contributed by atoms with Gasteiger partial charge in [0.2, 0.25) is 11.8 Å². The van der Waals surface area contributed by atoms with Gasteiger partial charge in [-0.3, -0.25) is 14.4 Å². The Labute approximate surface area is 219 Å². The Kier molecular flexibility index (Phi) is 9.44. The molecule has 0 spiro atoms. The third-order valence-corrected chi connectivity index (χ3v) is 6.62. The van der Waals surface area contributed by atoms with E-state index >= 15 is 0 Å². The number of benzene rings is 2. The van der Waals surface area contributed by atoms with Crippen LogP contribution in [0.5, 0.6) is 0 Å². The number of carbonyl (C=O) groups excluding carboxylic acids is 4. The molecule has 0 saturated carbocycles. The summed E-state index contributed by atoms with van der Waals surface area (Å²) >= 11 is 0. The van der Waals surface area contributed by atoms with Crippen LogP contribution in [0.4, 0.5) is 16.2 Å². The fourth-order valence-corrected chi connectivity index (χ4v) is 4.72. The topological polar surface area (TPSA) is 98.8 Å². The van der Waals surface area contributed by atoms with Crippen LogP contribution in [0.3, 0.4) is 0 Å². The highest BCUT2D eigenvalue weighted by Crippen LogP contribution is 2.23. The molecule has 1 heterocycles. The summed E-state index contributed by atoms with van der Waals surface area (Å²) in [7, 11) is 0.